The Morgan fingerprint density at radius 3 is 3.25 bits per heavy atom. The highest BCUT2D eigenvalue weighted by atomic mass is 16.5. The zero-order valence-corrected chi connectivity index (χ0v) is 7.17. The van der Waals surface area contributed by atoms with Gasteiger partial charge in [0, 0.05) is 0 Å². The summed E-state index contributed by atoms with van der Waals surface area (Å²) in [5, 5.41) is 0. The number of rotatable bonds is 0. The van der Waals surface area contributed by atoms with Gasteiger partial charge in [0.1, 0.15) is 6.61 Å². The molecular formula is C10H12O2. The quantitative estimate of drug-likeness (QED) is 0.510. The largest absolute Gasteiger partial charge is 0.458 e. The first kappa shape index (κ1) is 7.59. The van der Waals surface area contributed by atoms with Crippen LogP contribution in [-0.4, -0.2) is 12.6 Å². The van der Waals surface area contributed by atoms with Crippen molar-refractivity contribution < 1.29 is 9.53 Å². The maximum Gasteiger partial charge on any atom is 0.338 e. The molecule has 2 rings (SSSR count). The minimum Gasteiger partial charge on any atom is -0.458 e. The van der Waals surface area contributed by atoms with Gasteiger partial charge in [-0.2, -0.15) is 0 Å². The number of carbonyl (C=O) groups is 1. The summed E-state index contributed by atoms with van der Waals surface area (Å²) in [6, 6.07) is 0. The molecule has 1 heterocycles. The zero-order chi connectivity index (χ0) is 8.55. The second-order valence-electron chi connectivity index (χ2n) is 3.40. The zero-order valence-electron chi connectivity index (χ0n) is 7.17. The van der Waals surface area contributed by atoms with Crippen molar-refractivity contribution in [2.75, 3.05) is 6.61 Å². The van der Waals surface area contributed by atoms with Gasteiger partial charge in [-0.25, -0.2) is 4.79 Å². The minimum absolute atomic E-state index is 0.144. The molecule has 12 heavy (non-hydrogen) atoms. The van der Waals surface area contributed by atoms with Crippen molar-refractivity contribution >= 4 is 5.97 Å². The lowest BCUT2D eigenvalue weighted by atomic mass is 9.96. The van der Waals surface area contributed by atoms with Crippen LogP contribution < -0.4 is 0 Å². The summed E-state index contributed by atoms with van der Waals surface area (Å²) in [6.45, 7) is 2.67. The number of hydrogen-bond donors (Lipinski definition) is 0. The van der Waals surface area contributed by atoms with Crippen molar-refractivity contribution in [3.63, 3.8) is 0 Å². The van der Waals surface area contributed by atoms with Gasteiger partial charge in [0.2, 0.25) is 0 Å². The van der Waals surface area contributed by atoms with Crippen LogP contribution in [0.3, 0.4) is 0 Å². The second kappa shape index (κ2) is 2.77. The molecule has 0 aromatic heterocycles. The fourth-order valence-electron chi connectivity index (χ4n) is 1.73. The highest BCUT2D eigenvalue weighted by molar-refractivity contribution is 5.94. The molecule has 0 N–H and O–H groups in total. The number of cyclic esters (lactones) is 1. The van der Waals surface area contributed by atoms with E-state index in [4.69, 9.17) is 4.74 Å². The van der Waals surface area contributed by atoms with E-state index in [1.165, 1.54) is 5.57 Å². The van der Waals surface area contributed by atoms with Crippen LogP contribution in [0.1, 0.15) is 19.8 Å². The van der Waals surface area contributed by atoms with Crippen LogP contribution >= 0.6 is 0 Å². The van der Waals surface area contributed by atoms with Gasteiger partial charge in [0.05, 0.1) is 5.57 Å². The van der Waals surface area contributed by atoms with Gasteiger partial charge < -0.3 is 4.74 Å². The number of allylic oxidation sites excluding steroid dienone is 1. The van der Waals surface area contributed by atoms with Gasteiger partial charge in [0.15, 0.2) is 0 Å². The van der Waals surface area contributed by atoms with E-state index in [0.717, 1.165) is 18.4 Å². The van der Waals surface area contributed by atoms with Crippen molar-refractivity contribution in [2.24, 2.45) is 5.92 Å². The standard InChI is InChI=1S/C10H12O2/c1-7-4-2-3-5-8-9(7)6-12-10(8)11/h3,5,7H,2,4,6H2,1H3. The Morgan fingerprint density at radius 2 is 2.42 bits per heavy atom. The summed E-state index contributed by atoms with van der Waals surface area (Å²) in [5.41, 5.74) is 1.99. The molecule has 0 saturated heterocycles. The molecule has 0 aromatic rings. The molecular weight excluding hydrogens is 152 g/mol. The molecule has 2 aliphatic rings. The van der Waals surface area contributed by atoms with E-state index in [9.17, 15) is 4.79 Å². The van der Waals surface area contributed by atoms with Crippen LogP contribution in [0.5, 0.6) is 0 Å². The van der Waals surface area contributed by atoms with Gasteiger partial charge in [0.25, 0.3) is 0 Å². The Hall–Kier alpha value is -1.05. The molecule has 2 nitrogen and oxygen atoms in total. The lowest BCUT2D eigenvalue weighted by Crippen LogP contribution is -2.00. The Morgan fingerprint density at radius 1 is 1.58 bits per heavy atom. The molecule has 0 aromatic carbocycles. The highest BCUT2D eigenvalue weighted by Crippen LogP contribution is 2.29. The lowest BCUT2D eigenvalue weighted by Gasteiger charge is -2.08. The van der Waals surface area contributed by atoms with E-state index < -0.39 is 0 Å². The molecule has 0 radical (unpaired) electrons. The molecule has 0 saturated carbocycles. The molecule has 2 heteroatoms. The summed E-state index contributed by atoms with van der Waals surface area (Å²) >= 11 is 0. The molecule has 1 atom stereocenters. The lowest BCUT2D eigenvalue weighted by molar-refractivity contribution is -0.135. The van der Waals surface area contributed by atoms with Crippen molar-refractivity contribution in [2.45, 2.75) is 19.8 Å². The first-order chi connectivity index (χ1) is 5.79. The van der Waals surface area contributed by atoms with Crippen molar-refractivity contribution in [1.29, 1.82) is 0 Å². The smallest absolute Gasteiger partial charge is 0.338 e. The minimum atomic E-state index is -0.144. The molecule has 1 aliphatic heterocycles. The summed E-state index contributed by atoms with van der Waals surface area (Å²) < 4.78 is 4.96. The van der Waals surface area contributed by atoms with E-state index in [-0.39, 0.29) is 5.97 Å². The van der Waals surface area contributed by atoms with Crippen LogP contribution in [0.25, 0.3) is 0 Å². The normalized spacial score (nSPS) is 28.4. The fraction of sp³-hybridized carbons (Fsp3) is 0.500. The Balaban J connectivity index is 2.38. The van der Waals surface area contributed by atoms with E-state index in [1.54, 1.807) is 0 Å². The van der Waals surface area contributed by atoms with Crippen LogP contribution in [0.15, 0.2) is 23.3 Å². The average molecular weight is 164 g/mol. The average Bonchev–Trinajstić information content (AvgIpc) is 2.30. The summed E-state index contributed by atoms with van der Waals surface area (Å²) in [7, 11) is 0. The molecule has 1 unspecified atom stereocenters. The fourth-order valence-corrected chi connectivity index (χ4v) is 1.73. The maximum atomic E-state index is 11.2. The topological polar surface area (TPSA) is 26.3 Å². The van der Waals surface area contributed by atoms with Gasteiger partial charge in [-0.15, -0.1) is 0 Å². The van der Waals surface area contributed by atoms with Crippen molar-refractivity contribution in [1.82, 2.24) is 0 Å². The van der Waals surface area contributed by atoms with E-state index in [0.29, 0.717) is 12.5 Å². The molecule has 0 amide bonds. The predicted octanol–water partition coefficient (Wildman–Crippen LogP) is 1.83. The molecule has 0 spiro atoms. The molecule has 1 aliphatic carbocycles. The SMILES string of the molecule is CC1CCC=CC2=C1COC2=O. The van der Waals surface area contributed by atoms with Crippen LogP contribution in [0.2, 0.25) is 0 Å². The van der Waals surface area contributed by atoms with Gasteiger partial charge in [-0.05, 0) is 24.3 Å². The van der Waals surface area contributed by atoms with E-state index >= 15 is 0 Å². The van der Waals surface area contributed by atoms with Crippen LogP contribution in [0, 0.1) is 5.92 Å². The number of ether oxygens (including phenoxy) is 1. The molecule has 0 bridgehead atoms. The maximum absolute atomic E-state index is 11.2. The summed E-state index contributed by atoms with van der Waals surface area (Å²) in [4.78, 5) is 11.2. The third-order valence-corrected chi connectivity index (χ3v) is 2.57. The van der Waals surface area contributed by atoms with E-state index in [2.05, 4.69) is 13.0 Å². The van der Waals surface area contributed by atoms with Gasteiger partial charge in [-0.3, -0.25) is 0 Å². The third kappa shape index (κ3) is 1.07. The first-order valence-electron chi connectivity index (χ1n) is 4.36. The predicted molar refractivity (Wildman–Crippen MR) is 45.5 cm³/mol. The van der Waals surface area contributed by atoms with Gasteiger partial charge in [-0.1, -0.05) is 19.1 Å². The number of esters is 1. The van der Waals surface area contributed by atoms with Crippen LogP contribution in [-0.2, 0) is 9.53 Å². The molecule has 0 fully saturated rings. The van der Waals surface area contributed by atoms with Crippen LogP contribution in [0.4, 0.5) is 0 Å². The summed E-state index contributed by atoms with van der Waals surface area (Å²) in [5.74, 6) is 0.358. The number of carbonyl (C=O) groups excluding carboxylic acids is 1. The summed E-state index contributed by atoms with van der Waals surface area (Å²) in [6.07, 6.45) is 6.17. The monoisotopic (exact) mass is 164 g/mol. The Bertz CT molecular complexity index is 274. The van der Waals surface area contributed by atoms with Gasteiger partial charge >= 0.3 is 5.97 Å². The molecule has 64 valence electrons. The second-order valence-corrected chi connectivity index (χ2v) is 3.40. The first-order valence-corrected chi connectivity index (χ1v) is 4.36. The highest BCUT2D eigenvalue weighted by Gasteiger charge is 2.26. The van der Waals surface area contributed by atoms with Crippen molar-refractivity contribution in [3.05, 3.63) is 23.3 Å². The van der Waals surface area contributed by atoms with E-state index in [1.807, 2.05) is 6.08 Å². The Kier molecular flexibility index (Phi) is 1.75. The third-order valence-electron chi connectivity index (χ3n) is 2.57. The Labute approximate surface area is 71.9 Å². The van der Waals surface area contributed by atoms with Crippen molar-refractivity contribution in [3.8, 4) is 0 Å². The number of hydrogen-bond acceptors (Lipinski definition) is 2.